The van der Waals surface area contributed by atoms with Gasteiger partial charge >= 0.3 is 6.03 Å². The van der Waals surface area contributed by atoms with E-state index >= 15 is 0 Å². The van der Waals surface area contributed by atoms with Crippen molar-refractivity contribution in [2.24, 2.45) is 0 Å². The molecule has 1 aromatic carbocycles. The summed E-state index contributed by atoms with van der Waals surface area (Å²) in [6.07, 6.45) is 6.28. The lowest BCUT2D eigenvalue weighted by atomic mass is 10.2. The lowest BCUT2D eigenvalue weighted by Gasteiger charge is -2.20. The largest absolute Gasteiger partial charge is 0.334 e. The van der Waals surface area contributed by atoms with Crippen LogP contribution in [0.4, 0.5) is 9.18 Å². The third-order valence-corrected chi connectivity index (χ3v) is 5.07. The molecular formula is C21H22FN5O. The molecule has 0 aliphatic carbocycles. The lowest BCUT2D eigenvalue weighted by molar-refractivity contribution is 0.206. The SMILES string of the molecule is Cc1cnc(-c2cccnc2)n1C1CCN(C(=O)NCc2ccc(F)cc2)C1. The summed E-state index contributed by atoms with van der Waals surface area (Å²) >= 11 is 0. The zero-order valence-electron chi connectivity index (χ0n) is 15.7. The number of hydrogen-bond donors (Lipinski definition) is 1. The fourth-order valence-electron chi connectivity index (χ4n) is 3.64. The molecule has 1 fully saturated rings. The molecule has 1 unspecified atom stereocenters. The fraction of sp³-hybridized carbons (Fsp3) is 0.286. The number of aryl methyl sites for hydroxylation is 1. The molecule has 0 bridgehead atoms. The van der Waals surface area contributed by atoms with Crippen LogP contribution in [0.5, 0.6) is 0 Å². The molecule has 1 N–H and O–H groups in total. The number of benzene rings is 1. The van der Waals surface area contributed by atoms with Crippen molar-refractivity contribution in [2.45, 2.75) is 25.9 Å². The third kappa shape index (κ3) is 3.74. The van der Waals surface area contributed by atoms with Gasteiger partial charge in [-0.25, -0.2) is 14.2 Å². The van der Waals surface area contributed by atoms with Crippen LogP contribution in [0, 0.1) is 12.7 Å². The van der Waals surface area contributed by atoms with Crippen molar-refractivity contribution in [1.29, 1.82) is 0 Å². The van der Waals surface area contributed by atoms with Gasteiger partial charge in [-0.2, -0.15) is 0 Å². The number of imidazole rings is 1. The molecule has 3 aromatic rings. The maximum Gasteiger partial charge on any atom is 0.317 e. The van der Waals surface area contributed by atoms with E-state index in [0.717, 1.165) is 29.1 Å². The van der Waals surface area contributed by atoms with Crippen molar-refractivity contribution in [2.75, 3.05) is 13.1 Å². The van der Waals surface area contributed by atoms with Crippen molar-refractivity contribution < 1.29 is 9.18 Å². The van der Waals surface area contributed by atoms with Gasteiger partial charge < -0.3 is 14.8 Å². The highest BCUT2D eigenvalue weighted by atomic mass is 19.1. The number of aromatic nitrogens is 3. The van der Waals surface area contributed by atoms with Crippen LogP contribution in [0.3, 0.4) is 0 Å². The van der Waals surface area contributed by atoms with Gasteiger partial charge in [0, 0.05) is 49.5 Å². The summed E-state index contributed by atoms with van der Waals surface area (Å²) < 4.78 is 15.2. The van der Waals surface area contributed by atoms with Gasteiger partial charge in [-0.05, 0) is 43.2 Å². The predicted molar refractivity (Wildman–Crippen MR) is 104 cm³/mol. The zero-order chi connectivity index (χ0) is 19.5. The van der Waals surface area contributed by atoms with Gasteiger partial charge in [-0.1, -0.05) is 12.1 Å². The molecule has 6 nitrogen and oxygen atoms in total. The van der Waals surface area contributed by atoms with Crippen molar-refractivity contribution in [3.05, 3.63) is 72.1 Å². The van der Waals surface area contributed by atoms with Crippen LogP contribution in [0.25, 0.3) is 11.4 Å². The van der Waals surface area contributed by atoms with Crippen LogP contribution in [-0.2, 0) is 6.54 Å². The van der Waals surface area contributed by atoms with Gasteiger partial charge in [0.25, 0.3) is 0 Å². The molecule has 3 heterocycles. The van der Waals surface area contributed by atoms with Gasteiger partial charge in [-0.15, -0.1) is 0 Å². The molecule has 2 amide bonds. The number of hydrogen-bond acceptors (Lipinski definition) is 3. The van der Waals surface area contributed by atoms with Crippen molar-refractivity contribution in [3.63, 3.8) is 0 Å². The van der Waals surface area contributed by atoms with E-state index in [-0.39, 0.29) is 17.9 Å². The molecule has 28 heavy (non-hydrogen) atoms. The Balaban J connectivity index is 1.42. The molecule has 1 saturated heterocycles. The standard InChI is InChI=1S/C21H22FN5O/c1-15-11-24-20(17-3-2-9-23-13-17)27(15)19-8-10-26(14-19)21(28)25-12-16-4-6-18(22)7-5-16/h2-7,9,11,13,19H,8,10,12,14H2,1H3,(H,25,28). The normalized spacial score (nSPS) is 16.4. The van der Waals surface area contributed by atoms with E-state index in [9.17, 15) is 9.18 Å². The van der Waals surface area contributed by atoms with E-state index < -0.39 is 0 Å². The Morgan fingerprint density at radius 3 is 2.82 bits per heavy atom. The number of likely N-dealkylation sites (tertiary alicyclic amines) is 1. The second-order valence-corrected chi connectivity index (χ2v) is 7.01. The Hall–Kier alpha value is -3.22. The molecule has 1 aliphatic heterocycles. The highest BCUT2D eigenvalue weighted by Gasteiger charge is 2.29. The van der Waals surface area contributed by atoms with Crippen molar-refractivity contribution in [1.82, 2.24) is 24.8 Å². The second kappa shape index (κ2) is 7.80. The third-order valence-electron chi connectivity index (χ3n) is 5.07. The summed E-state index contributed by atoms with van der Waals surface area (Å²) in [6, 6.07) is 10.1. The fourth-order valence-corrected chi connectivity index (χ4v) is 3.64. The summed E-state index contributed by atoms with van der Waals surface area (Å²) in [4.78, 5) is 23.1. The molecule has 144 valence electrons. The number of urea groups is 1. The zero-order valence-corrected chi connectivity index (χ0v) is 15.7. The molecular weight excluding hydrogens is 357 g/mol. The quantitative estimate of drug-likeness (QED) is 0.754. The van der Waals surface area contributed by atoms with Crippen LogP contribution in [0.15, 0.2) is 55.0 Å². The number of carbonyl (C=O) groups is 1. The van der Waals surface area contributed by atoms with Crippen LogP contribution in [0.1, 0.15) is 23.7 Å². The van der Waals surface area contributed by atoms with E-state index in [1.165, 1.54) is 12.1 Å². The molecule has 1 atom stereocenters. The maximum atomic E-state index is 13.0. The first-order valence-electron chi connectivity index (χ1n) is 9.33. The Labute approximate surface area is 163 Å². The summed E-state index contributed by atoms with van der Waals surface area (Å²) in [5.41, 5.74) is 2.90. The van der Waals surface area contributed by atoms with Gasteiger partial charge in [0.15, 0.2) is 0 Å². The van der Waals surface area contributed by atoms with E-state index in [0.29, 0.717) is 19.6 Å². The molecule has 2 aromatic heterocycles. The minimum absolute atomic E-state index is 0.104. The molecule has 1 aliphatic rings. The molecule has 7 heteroatoms. The summed E-state index contributed by atoms with van der Waals surface area (Å²) in [5.74, 6) is 0.599. The number of nitrogens with zero attached hydrogens (tertiary/aromatic N) is 4. The van der Waals surface area contributed by atoms with Crippen LogP contribution in [-0.4, -0.2) is 38.6 Å². The number of amides is 2. The Morgan fingerprint density at radius 2 is 2.07 bits per heavy atom. The molecule has 0 saturated carbocycles. The first kappa shape index (κ1) is 18.2. The summed E-state index contributed by atoms with van der Waals surface area (Å²) in [7, 11) is 0. The first-order chi connectivity index (χ1) is 13.6. The van der Waals surface area contributed by atoms with Crippen molar-refractivity contribution >= 4 is 6.03 Å². The van der Waals surface area contributed by atoms with E-state index in [1.54, 1.807) is 24.5 Å². The van der Waals surface area contributed by atoms with E-state index in [1.807, 2.05) is 30.2 Å². The van der Waals surface area contributed by atoms with Crippen LogP contribution in [0.2, 0.25) is 0 Å². The van der Waals surface area contributed by atoms with Gasteiger partial charge in [0.05, 0.1) is 6.04 Å². The topological polar surface area (TPSA) is 63.1 Å². The molecule has 0 spiro atoms. The molecule has 0 radical (unpaired) electrons. The van der Waals surface area contributed by atoms with Gasteiger partial charge in [0.1, 0.15) is 11.6 Å². The van der Waals surface area contributed by atoms with Crippen molar-refractivity contribution in [3.8, 4) is 11.4 Å². The van der Waals surface area contributed by atoms with E-state index in [2.05, 4.69) is 19.9 Å². The Kier molecular flexibility index (Phi) is 5.06. The number of carbonyl (C=O) groups excluding carboxylic acids is 1. The smallest absolute Gasteiger partial charge is 0.317 e. The van der Waals surface area contributed by atoms with Crippen LogP contribution >= 0.6 is 0 Å². The monoisotopic (exact) mass is 379 g/mol. The van der Waals surface area contributed by atoms with Crippen LogP contribution < -0.4 is 5.32 Å². The number of pyridine rings is 1. The number of halogens is 1. The Bertz CT molecular complexity index is 955. The summed E-state index contributed by atoms with van der Waals surface area (Å²) in [6.45, 7) is 3.72. The highest BCUT2D eigenvalue weighted by Crippen LogP contribution is 2.29. The minimum atomic E-state index is -0.280. The number of nitrogens with one attached hydrogen (secondary N) is 1. The Morgan fingerprint density at radius 1 is 1.25 bits per heavy atom. The maximum absolute atomic E-state index is 13.0. The summed E-state index contributed by atoms with van der Waals surface area (Å²) in [5, 5.41) is 2.92. The average molecular weight is 379 g/mol. The average Bonchev–Trinajstić information content (AvgIpc) is 3.34. The van der Waals surface area contributed by atoms with Gasteiger partial charge in [0.2, 0.25) is 0 Å². The first-order valence-corrected chi connectivity index (χ1v) is 9.33. The van der Waals surface area contributed by atoms with E-state index in [4.69, 9.17) is 0 Å². The second-order valence-electron chi connectivity index (χ2n) is 7.01. The minimum Gasteiger partial charge on any atom is -0.334 e. The predicted octanol–water partition coefficient (Wildman–Crippen LogP) is 3.55. The highest BCUT2D eigenvalue weighted by molar-refractivity contribution is 5.74. The lowest BCUT2D eigenvalue weighted by Crippen LogP contribution is -2.38. The molecule has 4 rings (SSSR count). The van der Waals surface area contributed by atoms with Gasteiger partial charge in [-0.3, -0.25) is 4.98 Å². The number of rotatable bonds is 4.